The lowest BCUT2D eigenvalue weighted by atomic mass is 10.1. The van der Waals surface area contributed by atoms with Gasteiger partial charge in [0.2, 0.25) is 0 Å². The van der Waals surface area contributed by atoms with E-state index in [1.165, 1.54) is 6.92 Å². The van der Waals surface area contributed by atoms with Crippen molar-refractivity contribution in [3.05, 3.63) is 48.0 Å². The molecule has 1 N–H and O–H groups in total. The number of hydrogen-bond donors (Lipinski definition) is 1. The van der Waals surface area contributed by atoms with Gasteiger partial charge < -0.3 is 19.5 Å². The lowest BCUT2D eigenvalue weighted by molar-refractivity contribution is -0.128. The molecule has 118 valence electrons. The molecule has 0 spiro atoms. The van der Waals surface area contributed by atoms with Gasteiger partial charge in [-0.2, -0.15) is 0 Å². The van der Waals surface area contributed by atoms with Crippen LogP contribution in [0, 0.1) is 0 Å². The quantitative estimate of drug-likeness (QED) is 0.638. The summed E-state index contributed by atoms with van der Waals surface area (Å²) in [6, 6.07) is 6.80. The van der Waals surface area contributed by atoms with E-state index in [0.717, 1.165) is 5.56 Å². The summed E-state index contributed by atoms with van der Waals surface area (Å²) in [4.78, 5) is 23.8. The van der Waals surface area contributed by atoms with Crippen molar-refractivity contribution in [3.8, 4) is 0 Å². The van der Waals surface area contributed by atoms with Crippen LogP contribution in [0.4, 0.5) is 0 Å². The van der Waals surface area contributed by atoms with E-state index >= 15 is 0 Å². The normalized spacial score (nSPS) is 16.0. The molecule has 1 heterocycles. The maximum absolute atomic E-state index is 12.1. The molecule has 6 heteroatoms. The number of ether oxygens (including phenoxy) is 3. The molecular formula is C16H19NO5. The molecule has 1 saturated heterocycles. The van der Waals surface area contributed by atoms with Crippen molar-refractivity contribution >= 4 is 11.9 Å². The second-order valence-electron chi connectivity index (χ2n) is 4.78. The molecule has 1 aliphatic heterocycles. The average Bonchev–Trinajstić information content (AvgIpc) is 3.07. The highest BCUT2D eigenvalue weighted by atomic mass is 16.7. The molecule has 0 bridgehead atoms. The lowest BCUT2D eigenvalue weighted by Crippen LogP contribution is -2.35. The molecule has 0 aromatic heterocycles. The molecular weight excluding hydrogens is 286 g/mol. The highest BCUT2D eigenvalue weighted by Crippen LogP contribution is 2.24. The summed E-state index contributed by atoms with van der Waals surface area (Å²) in [6.45, 7) is 6.40. The summed E-state index contributed by atoms with van der Waals surface area (Å²) in [5, 5.41) is 2.57. The van der Waals surface area contributed by atoms with Crippen LogP contribution in [0.15, 0.2) is 36.9 Å². The predicted octanol–water partition coefficient (Wildman–Crippen LogP) is 1.58. The first-order valence-electron chi connectivity index (χ1n) is 7.04. The predicted molar refractivity (Wildman–Crippen MR) is 79.2 cm³/mol. The van der Waals surface area contributed by atoms with E-state index in [4.69, 9.17) is 14.2 Å². The Kier molecular flexibility index (Phi) is 5.68. The Labute approximate surface area is 129 Å². The first-order valence-corrected chi connectivity index (χ1v) is 7.04. The van der Waals surface area contributed by atoms with Gasteiger partial charge in [0, 0.05) is 12.1 Å². The Balaban J connectivity index is 1.98. The maximum Gasteiger partial charge on any atom is 0.338 e. The van der Waals surface area contributed by atoms with Gasteiger partial charge in [0.15, 0.2) is 12.4 Å². The molecule has 0 radical (unpaired) electrons. The molecule has 1 aliphatic rings. The highest BCUT2D eigenvalue weighted by molar-refractivity contribution is 5.92. The molecule has 1 fully saturated rings. The largest absolute Gasteiger partial charge is 0.449 e. The Bertz CT molecular complexity index is 551. The summed E-state index contributed by atoms with van der Waals surface area (Å²) in [7, 11) is 0. The molecule has 1 aromatic rings. The zero-order valence-electron chi connectivity index (χ0n) is 12.4. The van der Waals surface area contributed by atoms with E-state index in [-0.39, 0.29) is 5.91 Å². The molecule has 1 amide bonds. The Morgan fingerprint density at radius 1 is 1.45 bits per heavy atom. The van der Waals surface area contributed by atoms with Crippen molar-refractivity contribution in [2.45, 2.75) is 19.3 Å². The smallest absolute Gasteiger partial charge is 0.338 e. The summed E-state index contributed by atoms with van der Waals surface area (Å²) in [6.07, 6.45) is 0.216. The summed E-state index contributed by atoms with van der Waals surface area (Å²) < 4.78 is 15.9. The van der Waals surface area contributed by atoms with Crippen LogP contribution in [0.5, 0.6) is 0 Å². The lowest BCUT2D eigenvalue weighted by Gasteiger charge is -2.14. The van der Waals surface area contributed by atoms with Crippen LogP contribution in [0.1, 0.15) is 29.1 Å². The Hall–Kier alpha value is -2.18. The second kappa shape index (κ2) is 7.72. The second-order valence-corrected chi connectivity index (χ2v) is 4.78. The van der Waals surface area contributed by atoms with Crippen LogP contribution in [-0.4, -0.2) is 37.7 Å². The fraction of sp³-hybridized carbons (Fsp3) is 0.375. The average molecular weight is 305 g/mol. The zero-order chi connectivity index (χ0) is 15.9. The third kappa shape index (κ3) is 4.16. The number of nitrogens with one attached hydrogen (secondary N) is 1. The van der Waals surface area contributed by atoms with E-state index < -0.39 is 18.4 Å². The van der Waals surface area contributed by atoms with Crippen molar-refractivity contribution in [1.29, 1.82) is 0 Å². The highest BCUT2D eigenvalue weighted by Gasteiger charge is 2.21. The molecule has 1 atom stereocenters. The van der Waals surface area contributed by atoms with Crippen LogP contribution in [0.3, 0.4) is 0 Å². The van der Waals surface area contributed by atoms with E-state index in [1.54, 1.807) is 24.3 Å². The number of esters is 1. The third-order valence-corrected chi connectivity index (χ3v) is 3.09. The monoisotopic (exact) mass is 305 g/mol. The van der Waals surface area contributed by atoms with E-state index in [0.29, 0.717) is 25.3 Å². The van der Waals surface area contributed by atoms with Crippen LogP contribution < -0.4 is 5.32 Å². The van der Waals surface area contributed by atoms with Crippen LogP contribution >= 0.6 is 0 Å². The van der Waals surface area contributed by atoms with E-state index in [2.05, 4.69) is 11.9 Å². The fourth-order valence-electron chi connectivity index (χ4n) is 1.96. The minimum Gasteiger partial charge on any atom is -0.449 e. The molecule has 0 aliphatic carbocycles. The summed E-state index contributed by atoms with van der Waals surface area (Å²) in [5.74, 6) is -0.937. The van der Waals surface area contributed by atoms with E-state index in [1.807, 2.05) is 6.07 Å². The molecule has 0 unspecified atom stereocenters. The minimum absolute atomic E-state index is 0.326. The number of hydrogen-bond acceptors (Lipinski definition) is 5. The van der Waals surface area contributed by atoms with Crippen molar-refractivity contribution < 1.29 is 23.8 Å². The van der Waals surface area contributed by atoms with Crippen molar-refractivity contribution in [2.24, 2.45) is 0 Å². The standard InChI is InChI=1S/C16H19NO5/c1-3-7-17-14(18)11(2)22-15(19)12-5-4-6-13(10-12)16-20-8-9-21-16/h3-6,10-11,16H,1,7-9H2,2H3,(H,17,18)/t11-/m0/s1. The van der Waals surface area contributed by atoms with Gasteiger partial charge in [0.05, 0.1) is 18.8 Å². The number of carbonyl (C=O) groups excluding carboxylic acids is 2. The first-order chi connectivity index (χ1) is 10.6. The summed E-state index contributed by atoms with van der Waals surface area (Å²) in [5.41, 5.74) is 1.09. The van der Waals surface area contributed by atoms with E-state index in [9.17, 15) is 9.59 Å². The van der Waals surface area contributed by atoms with Crippen molar-refractivity contribution in [3.63, 3.8) is 0 Å². The van der Waals surface area contributed by atoms with Crippen LogP contribution in [-0.2, 0) is 19.0 Å². The van der Waals surface area contributed by atoms with Gasteiger partial charge in [0.1, 0.15) is 0 Å². The maximum atomic E-state index is 12.1. The first kappa shape index (κ1) is 16.2. The van der Waals surface area contributed by atoms with Gasteiger partial charge in [0.25, 0.3) is 5.91 Å². The number of carbonyl (C=O) groups is 2. The molecule has 0 saturated carbocycles. The van der Waals surface area contributed by atoms with Crippen LogP contribution in [0.2, 0.25) is 0 Å². The van der Waals surface area contributed by atoms with Crippen molar-refractivity contribution in [1.82, 2.24) is 5.32 Å². The number of benzene rings is 1. The van der Waals surface area contributed by atoms with Gasteiger partial charge in [-0.05, 0) is 19.1 Å². The van der Waals surface area contributed by atoms with Gasteiger partial charge in [-0.15, -0.1) is 6.58 Å². The van der Waals surface area contributed by atoms with Gasteiger partial charge >= 0.3 is 5.97 Å². The number of rotatable bonds is 6. The third-order valence-electron chi connectivity index (χ3n) is 3.09. The Morgan fingerprint density at radius 3 is 2.86 bits per heavy atom. The van der Waals surface area contributed by atoms with Gasteiger partial charge in [-0.3, -0.25) is 4.79 Å². The molecule has 1 aromatic carbocycles. The van der Waals surface area contributed by atoms with Gasteiger partial charge in [-0.1, -0.05) is 18.2 Å². The number of amides is 1. The zero-order valence-corrected chi connectivity index (χ0v) is 12.4. The topological polar surface area (TPSA) is 73.9 Å². The SMILES string of the molecule is C=CCNC(=O)[C@H](C)OC(=O)c1cccc(C2OCCO2)c1. The van der Waals surface area contributed by atoms with Crippen molar-refractivity contribution in [2.75, 3.05) is 19.8 Å². The molecule has 6 nitrogen and oxygen atoms in total. The Morgan fingerprint density at radius 2 is 2.18 bits per heavy atom. The van der Waals surface area contributed by atoms with Gasteiger partial charge in [-0.25, -0.2) is 4.79 Å². The molecule has 22 heavy (non-hydrogen) atoms. The minimum atomic E-state index is -0.880. The summed E-state index contributed by atoms with van der Waals surface area (Å²) >= 11 is 0. The molecule has 2 rings (SSSR count). The van der Waals surface area contributed by atoms with Crippen LogP contribution in [0.25, 0.3) is 0 Å². The fourth-order valence-corrected chi connectivity index (χ4v) is 1.96.